The summed E-state index contributed by atoms with van der Waals surface area (Å²) in [5.41, 5.74) is 7.38. The molecule has 1 aromatic heterocycles. The molecule has 4 heterocycles. The lowest BCUT2D eigenvalue weighted by Crippen LogP contribution is -2.41. The highest BCUT2D eigenvalue weighted by atomic mass is 19.1. The van der Waals surface area contributed by atoms with Gasteiger partial charge >= 0.3 is 0 Å². The van der Waals surface area contributed by atoms with Crippen molar-refractivity contribution in [2.45, 2.75) is 38.0 Å². The maximum atomic E-state index is 13.8. The predicted molar refractivity (Wildman–Crippen MR) is 123 cm³/mol. The van der Waals surface area contributed by atoms with Gasteiger partial charge in [0, 0.05) is 45.4 Å². The molecule has 6 nitrogen and oxygen atoms in total. The number of hydrogen-bond donors (Lipinski definition) is 1. The molecule has 2 aromatic rings. The van der Waals surface area contributed by atoms with Gasteiger partial charge in [0.15, 0.2) is 0 Å². The van der Waals surface area contributed by atoms with E-state index in [1.807, 2.05) is 23.4 Å². The Morgan fingerprint density at radius 3 is 2.81 bits per heavy atom. The highest BCUT2D eigenvalue weighted by molar-refractivity contribution is 5.76. The quantitative estimate of drug-likeness (QED) is 0.757. The van der Waals surface area contributed by atoms with Crippen molar-refractivity contribution in [3.63, 3.8) is 0 Å². The molecule has 32 heavy (non-hydrogen) atoms. The highest BCUT2D eigenvalue weighted by Gasteiger charge is 2.28. The summed E-state index contributed by atoms with van der Waals surface area (Å²) in [6, 6.07) is 8.97. The fraction of sp³-hybridized carbons (Fsp3) is 0.480. The number of rotatable bonds is 6. The first-order chi connectivity index (χ1) is 15.7. The molecule has 1 unspecified atom stereocenters. The Bertz CT molecular complexity index is 1000. The van der Waals surface area contributed by atoms with Crippen LogP contribution in [0.2, 0.25) is 0 Å². The van der Waals surface area contributed by atoms with Crippen molar-refractivity contribution in [3.8, 4) is 0 Å². The monoisotopic (exact) mass is 435 g/mol. The molecule has 0 saturated carbocycles. The molecule has 168 valence electrons. The first-order valence-corrected chi connectivity index (χ1v) is 11.7. The van der Waals surface area contributed by atoms with Crippen molar-refractivity contribution in [1.29, 1.82) is 0 Å². The van der Waals surface area contributed by atoms with Gasteiger partial charge in [0.25, 0.3) is 0 Å². The molecular weight excluding hydrogens is 405 g/mol. The van der Waals surface area contributed by atoms with Gasteiger partial charge in [0.2, 0.25) is 5.91 Å². The van der Waals surface area contributed by atoms with E-state index >= 15 is 0 Å². The van der Waals surface area contributed by atoms with E-state index in [-0.39, 0.29) is 17.6 Å². The Morgan fingerprint density at radius 2 is 2.03 bits per heavy atom. The lowest BCUT2D eigenvalue weighted by Gasteiger charge is -2.34. The summed E-state index contributed by atoms with van der Waals surface area (Å²) >= 11 is 0. The minimum atomic E-state index is -0.223. The number of hydrazone groups is 1. The number of fused-ring (bicyclic) bond motifs is 1. The van der Waals surface area contributed by atoms with Gasteiger partial charge in [0.1, 0.15) is 5.82 Å². The Balaban J connectivity index is 1.11. The predicted octanol–water partition coefficient (Wildman–Crippen LogP) is 3.13. The second kappa shape index (κ2) is 9.27. The molecule has 0 spiro atoms. The van der Waals surface area contributed by atoms with E-state index in [1.54, 1.807) is 12.1 Å². The Labute approximate surface area is 188 Å². The summed E-state index contributed by atoms with van der Waals surface area (Å²) in [4.78, 5) is 21.7. The number of amides is 1. The lowest BCUT2D eigenvalue weighted by molar-refractivity contribution is -0.132. The van der Waals surface area contributed by atoms with E-state index in [0.717, 1.165) is 57.7 Å². The van der Waals surface area contributed by atoms with Gasteiger partial charge in [-0.2, -0.15) is 5.10 Å². The number of nitrogens with one attached hydrogen (secondary N) is 1. The van der Waals surface area contributed by atoms with E-state index in [1.165, 1.54) is 17.3 Å². The molecule has 7 heteroatoms. The third-order valence-corrected chi connectivity index (χ3v) is 7.03. The van der Waals surface area contributed by atoms with Crippen molar-refractivity contribution >= 4 is 17.8 Å². The zero-order chi connectivity index (χ0) is 21.9. The molecule has 1 saturated heterocycles. The molecule has 5 rings (SSSR count). The molecule has 1 amide bonds. The van der Waals surface area contributed by atoms with Crippen LogP contribution in [0.1, 0.15) is 42.0 Å². The summed E-state index contributed by atoms with van der Waals surface area (Å²) in [5.74, 6) is 0.774. The number of likely N-dealkylation sites (tertiary alicyclic amines) is 1. The van der Waals surface area contributed by atoms with Crippen molar-refractivity contribution in [2.24, 2.45) is 11.0 Å². The number of pyridine rings is 1. The Morgan fingerprint density at radius 1 is 1.19 bits per heavy atom. The number of nitrogens with zero attached hydrogens (tertiary/aromatic N) is 4. The molecule has 0 bridgehead atoms. The van der Waals surface area contributed by atoms with Crippen LogP contribution in [0, 0.1) is 11.7 Å². The third-order valence-electron chi connectivity index (χ3n) is 7.03. The van der Waals surface area contributed by atoms with E-state index in [9.17, 15) is 9.18 Å². The fourth-order valence-electron chi connectivity index (χ4n) is 5.07. The number of carbonyl (C=O) groups excluding carboxylic acids is 1. The largest absolute Gasteiger partial charge is 0.369 e. The van der Waals surface area contributed by atoms with Gasteiger partial charge in [-0.1, -0.05) is 18.2 Å². The van der Waals surface area contributed by atoms with E-state index in [4.69, 9.17) is 4.98 Å². The van der Waals surface area contributed by atoms with Crippen molar-refractivity contribution in [3.05, 3.63) is 59.2 Å². The van der Waals surface area contributed by atoms with Crippen molar-refractivity contribution in [1.82, 2.24) is 15.3 Å². The first kappa shape index (κ1) is 20.9. The molecule has 1 atom stereocenters. The molecule has 0 aliphatic carbocycles. The van der Waals surface area contributed by atoms with Gasteiger partial charge in [-0.25, -0.2) is 4.39 Å². The smallest absolute Gasteiger partial charge is 0.222 e. The first-order valence-electron chi connectivity index (χ1n) is 11.7. The number of carbonyl (C=O) groups is 1. The third kappa shape index (κ3) is 4.47. The van der Waals surface area contributed by atoms with Crippen LogP contribution in [0.15, 0.2) is 41.6 Å². The van der Waals surface area contributed by atoms with E-state index in [2.05, 4.69) is 21.5 Å². The van der Waals surface area contributed by atoms with Crippen LogP contribution in [0.5, 0.6) is 0 Å². The molecule has 1 aromatic carbocycles. The zero-order valence-electron chi connectivity index (χ0n) is 18.3. The molecule has 0 radical (unpaired) electrons. The average Bonchev–Trinajstić information content (AvgIpc) is 3.49. The summed E-state index contributed by atoms with van der Waals surface area (Å²) in [5, 5.41) is 4.11. The maximum Gasteiger partial charge on any atom is 0.222 e. The van der Waals surface area contributed by atoms with Crippen LogP contribution in [-0.2, 0) is 17.6 Å². The molecule has 3 aliphatic heterocycles. The van der Waals surface area contributed by atoms with Crippen LogP contribution in [0.4, 0.5) is 10.1 Å². The topological polar surface area (TPSA) is 60.8 Å². The van der Waals surface area contributed by atoms with Crippen molar-refractivity contribution in [2.75, 3.05) is 37.6 Å². The van der Waals surface area contributed by atoms with Gasteiger partial charge in [-0.3, -0.25) is 9.78 Å². The van der Waals surface area contributed by atoms with Crippen molar-refractivity contribution < 1.29 is 9.18 Å². The number of benzene rings is 1. The van der Waals surface area contributed by atoms with Gasteiger partial charge in [0.05, 0.1) is 23.5 Å². The summed E-state index contributed by atoms with van der Waals surface area (Å²) < 4.78 is 13.8. The van der Waals surface area contributed by atoms with Crippen LogP contribution in [0.3, 0.4) is 0 Å². The summed E-state index contributed by atoms with van der Waals surface area (Å²) in [6.45, 7) is 4.49. The molecule has 1 fully saturated rings. The molecule has 1 N–H and O–H groups in total. The summed E-state index contributed by atoms with van der Waals surface area (Å²) in [6.07, 6.45) is 7.92. The lowest BCUT2D eigenvalue weighted by atomic mass is 9.95. The molecular formula is C25H30FN5O. The second-order valence-electron chi connectivity index (χ2n) is 9.10. The van der Waals surface area contributed by atoms with Crippen LogP contribution in [-0.4, -0.2) is 54.7 Å². The Kier molecular flexibility index (Phi) is 6.06. The number of aromatic nitrogens is 1. The standard InChI is InChI=1S/C25H30FN5O/c26-22-4-2-1-3-19(22)5-6-25(32)30-10-7-18(8-11-30)17-31-12-9-20-13-23(27-16-24(20)31)21-14-28-29-15-21/h1-4,13-14,16,18,21,29H,5-12,15,17H2. The number of halogens is 1. The van der Waals surface area contributed by atoms with Gasteiger partial charge < -0.3 is 15.2 Å². The number of aryl methyl sites for hydroxylation is 1. The number of hydrogen-bond acceptors (Lipinski definition) is 5. The van der Waals surface area contributed by atoms with Crippen LogP contribution < -0.4 is 10.3 Å². The second-order valence-corrected chi connectivity index (χ2v) is 9.10. The van der Waals surface area contributed by atoms with E-state index in [0.29, 0.717) is 24.3 Å². The van der Waals surface area contributed by atoms with Crippen LogP contribution in [0.25, 0.3) is 0 Å². The maximum absolute atomic E-state index is 13.8. The number of anilines is 1. The zero-order valence-corrected chi connectivity index (χ0v) is 18.3. The van der Waals surface area contributed by atoms with Gasteiger partial charge in [-0.05, 0) is 54.9 Å². The minimum absolute atomic E-state index is 0.139. The highest BCUT2D eigenvalue weighted by Crippen LogP contribution is 2.31. The normalized spacial score (nSPS) is 20.5. The molecule has 3 aliphatic rings. The fourth-order valence-corrected chi connectivity index (χ4v) is 5.07. The average molecular weight is 436 g/mol. The van der Waals surface area contributed by atoms with Gasteiger partial charge in [-0.15, -0.1) is 0 Å². The minimum Gasteiger partial charge on any atom is -0.369 e. The number of piperidine rings is 1. The van der Waals surface area contributed by atoms with Crippen LogP contribution >= 0.6 is 0 Å². The Hall–Kier alpha value is -2.96. The van der Waals surface area contributed by atoms with E-state index < -0.39 is 0 Å². The SMILES string of the molecule is O=C(CCc1ccccc1F)N1CCC(CN2CCc3cc(C4C=NNC4)ncc32)CC1. The summed E-state index contributed by atoms with van der Waals surface area (Å²) in [7, 11) is 0.